The van der Waals surface area contributed by atoms with Crippen molar-refractivity contribution in [3.63, 3.8) is 0 Å². The van der Waals surface area contributed by atoms with Gasteiger partial charge in [-0.3, -0.25) is 4.79 Å². The summed E-state index contributed by atoms with van der Waals surface area (Å²) in [4.78, 5) is 24.1. The number of benzene rings is 1. The van der Waals surface area contributed by atoms with Crippen molar-refractivity contribution in [3.05, 3.63) is 36.3 Å². The number of ether oxygens (including phenoxy) is 2. The fraction of sp³-hybridized carbons (Fsp3) is 0.455. The Morgan fingerprint density at radius 1 is 1.23 bits per heavy atom. The second kappa shape index (κ2) is 8.41. The smallest absolute Gasteiger partial charge is 0.254 e. The lowest BCUT2D eigenvalue weighted by Gasteiger charge is -2.33. The zero-order valence-corrected chi connectivity index (χ0v) is 17.6. The fourth-order valence-corrected chi connectivity index (χ4v) is 4.22. The van der Waals surface area contributed by atoms with Crippen LogP contribution in [0, 0.1) is 5.92 Å². The van der Waals surface area contributed by atoms with E-state index in [0.29, 0.717) is 37.0 Å². The average Bonchev–Trinajstić information content (AvgIpc) is 3.27. The number of nitrogens with zero attached hydrogens (tertiary/aromatic N) is 5. The molecule has 1 atom stereocenters. The summed E-state index contributed by atoms with van der Waals surface area (Å²) in [7, 11) is 0. The third-order valence-electron chi connectivity index (χ3n) is 5.72. The maximum atomic E-state index is 13.0. The molecule has 9 nitrogen and oxygen atoms in total. The molecule has 0 aliphatic carbocycles. The summed E-state index contributed by atoms with van der Waals surface area (Å²) in [6.45, 7) is 4.70. The first-order valence-electron chi connectivity index (χ1n) is 10.9. The topological polar surface area (TPSA) is 93.9 Å². The Labute approximate surface area is 180 Å². The number of hydrogen-bond donors (Lipinski definition) is 1. The van der Waals surface area contributed by atoms with Gasteiger partial charge >= 0.3 is 0 Å². The van der Waals surface area contributed by atoms with E-state index in [0.717, 1.165) is 49.4 Å². The van der Waals surface area contributed by atoms with Crippen LogP contribution in [0.1, 0.15) is 31.9 Å². The van der Waals surface area contributed by atoms with E-state index < -0.39 is 0 Å². The number of anilines is 2. The molecule has 4 heterocycles. The summed E-state index contributed by atoms with van der Waals surface area (Å²) in [6, 6.07) is 7.59. The number of carbonyl (C=O) groups is 1. The molecular formula is C22H26N6O3. The highest BCUT2D eigenvalue weighted by molar-refractivity contribution is 5.93. The maximum Gasteiger partial charge on any atom is 0.254 e. The molecule has 2 aliphatic heterocycles. The van der Waals surface area contributed by atoms with Crippen LogP contribution in [0.3, 0.4) is 0 Å². The molecule has 1 N–H and O–H groups in total. The molecule has 1 aromatic carbocycles. The second-order valence-electron chi connectivity index (χ2n) is 7.96. The number of hydrogen-bond acceptors (Lipinski definition) is 7. The zero-order chi connectivity index (χ0) is 21.2. The Bertz CT molecular complexity index is 1100. The van der Waals surface area contributed by atoms with E-state index in [9.17, 15) is 4.79 Å². The number of rotatable bonds is 5. The van der Waals surface area contributed by atoms with Gasteiger partial charge in [0.05, 0.1) is 5.92 Å². The van der Waals surface area contributed by atoms with Gasteiger partial charge in [0.1, 0.15) is 25.4 Å². The zero-order valence-electron chi connectivity index (χ0n) is 17.6. The minimum atomic E-state index is -0.122. The minimum Gasteiger partial charge on any atom is -0.486 e. The Morgan fingerprint density at radius 2 is 2.10 bits per heavy atom. The fourth-order valence-electron chi connectivity index (χ4n) is 4.22. The van der Waals surface area contributed by atoms with Gasteiger partial charge in [-0.25, -0.2) is 4.98 Å². The SMILES string of the molecule is CCCc1cc(N2CCC[C@@H](C(=O)Nc3ccc4c(c3)OCCO4)C2)n2ncnc2n1. The van der Waals surface area contributed by atoms with Crippen molar-refractivity contribution >= 4 is 23.2 Å². The quantitative estimate of drug-likeness (QED) is 0.676. The monoisotopic (exact) mass is 422 g/mol. The molecule has 0 radical (unpaired) electrons. The standard InChI is InChI=1S/C22H26N6O3/c1-2-4-16-12-20(28-22(26-16)23-14-24-28)27-8-3-5-15(13-27)21(29)25-17-6-7-18-19(11-17)31-10-9-30-18/h6-7,11-12,14-15H,2-5,8-10,13H2,1H3,(H,25,29)/t15-/m1/s1. The second-order valence-corrected chi connectivity index (χ2v) is 7.96. The Morgan fingerprint density at radius 3 is 2.97 bits per heavy atom. The van der Waals surface area contributed by atoms with Crippen LogP contribution in [0.25, 0.3) is 5.78 Å². The van der Waals surface area contributed by atoms with E-state index in [4.69, 9.17) is 9.47 Å². The van der Waals surface area contributed by atoms with Crippen molar-refractivity contribution in [2.75, 3.05) is 36.5 Å². The van der Waals surface area contributed by atoms with Gasteiger partial charge in [-0.05, 0) is 31.4 Å². The van der Waals surface area contributed by atoms with Gasteiger partial charge in [-0.1, -0.05) is 13.3 Å². The number of aryl methyl sites for hydroxylation is 1. The molecule has 0 spiro atoms. The first-order valence-corrected chi connectivity index (χ1v) is 10.9. The summed E-state index contributed by atoms with van der Waals surface area (Å²) < 4.78 is 12.9. The van der Waals surface area contributed by atoms with E-state index in [1.54, 1.807) is 4.52 Å². The highest BCUT2D eigenvalue weighted by Gasteiger charge is 2.28. The third-order valence-corrected chi connectivity index (χ3v) is 5.72. The van der Waals surface area contributed by atoms with Crippen LogP contribution in [0.5, 0.6) is 11.5 Å². The van der Waals surface area contributed by atoms with E-state index in [1.807, 2.05) is 18.2 Å². The maximum absolute atomic E-state index is 13.0. The predicted molar refractivity (Wildman–Crippen MR) is 116 cm³/mol. The summed E-state index contributed by atoms with van der Waals surface area (Å²) in [5.74, 6) is 2.82. The van der Waals surface area contributed by atoms with Crippen molar-refractivity contribution in [2.24, 2.45) is 5.92 Å². The molecule has 5 rings (SSSR count). The molecule has 1 amide bonds. The lowest BCUT2D eigenvalue weighted by Crippen LogP contribution is -2.41. The summed E-state index contributed by atoms with van der Waals surface area (Å²) >= 11 is 0. The Hall–Kier alpha value is -3.36. The minimum absolute atomic E-state index is 0.0130. The molecule has 2 aliphatic rings. The average molecular weight is 422 g/mol. The number of piperidine rings is 1. The molecule has 31 heavy (non-hydrogen) atoms. The highest BCUT2D eigenvalue weighted by Crippen LogP contribution is 2.33. The summed E-state index contributed by atoms with van der Waals surface area (Å²) in [5.41, 5.74) is 1.72. The van der Waals surface area contributed by atoms with Gasteiger partial charge in [0.25, 0.3) is 5.78 Å². The van der Waals surface area contributed by atoms with Crippen molar-refractivity contribution in [2.45, 2.75) is 32.6 Å². The van der Waals surface area contributed by atoms with Crippen LogP contribution in [0.15, 0.2) is 30.6 Å². The molecule has 0 unspecified atom stereocenters. The van der Waals surface area contributed by atoms with E-state index in [1.165, 1.54) is 6.33 Å². The van der Waals surface area contributed by atoms with Crippen LogP contribution in [-0.4, -0.2) is 51.8 Å². The van der Waals surface area contributed by atoms with Gasteiger partial charge in [0.15, 0.2) is 11.5 Å². The van der Waals surface area contributed by atoms with Crippen molar-refractivity contribution < 1.29 is 14.3 Å². The van der Waals surface area contributed by atoms with E-state index in [2.05, 4.69) is 38.3 Å². The largest absolute Gasteiger partial charge is 0.486 e. The molecule has 1 saturated heterocycles. The molecule has 9 heteroatoms. The van der Waals surface area contributed by atoms with E-state index in [-0.39, 0.29) is 11.8 Å². The molecule has 2 aromatic heterocycles. The molecular weight excluding hydrogens is 396 g/mol. The molecule has 1 fully saturated rings. The van der Waals surface area contributed by atoms with Crippen molar-refractivity contribution in [1.82, 2.24) is 19.6 Å². The van der Waals surface area contributed by atoms with Crippen LogP contribution in [0.4, 0.5) is 11.5 Å². The van der Waals surface area contributed by atoms with Crippen LogP contribution >= 0.6 is 0 Å². The van der Waals surface area contributed by atoms with Crippen molar-refractivity contribution in [1.29, 1.82) is 0 Å². The summed E-state index contributed by atoms with van der Waals surface area (Å²) in [5, 5.41) is 7.40. The Kier molecular flexibility index (Phi) is 5.31. The molecule has 0 saturated carbocycles. The van der Waals surface area contributed by atoms with Gasteiger partial charge < -0.3 is 19.7 Å². The molecule has 3 aromatic rings. The van der Waals surface area contributed by atoms with Crippen LogP contribution in [-0.2, 0) is 11.2 Å². The van der Waals surface area contributed by atoms with Gasteiger partial charge in [0, 0.05) is 36.6 Å². The first-order chi connectivity index (χ1) is 15.2. The normalized spacial score (nSPS) is 18.2. The number of amides is 1. The molecule has 162 valence electrons. The predicted octanol–water partition coefficient (Wildman–Crippen LogP) is 2.70. The number of aromatic nitrogens is 4. The summed E-state index contributed by atoms with van der Waals surface area (Å²) in [6.07, 6.45) is 5.20. The lowest BCUT2D eigenvalue weighted by atomic mass is 9.97. The Balaban J connectivity index is 1.33. The van der Waals surface area contributed by atoms with Gasteiger partial charge in [-0.2, -0.15) is 14.6 Å². The van der Waals surface area contributed by atoms with Crippen LogP contribution in [0.2, 0.25) is 0 Å². The van der Waals surface area contributed by atoms with Crippen LogP contribution < -0.4 is 19.7 Å². The van der Waals surface area contributed by atoms with E-state index >= 15 is 0 Å². The van der Waals surface area contributed by atoms with Crippen molar-refractivity contribution in [3.8, 4) is 11.5 Å². The highest BCUT2D eigenvalue weighted by atomic mass is 16.6. The number of carbonyl (C=O) groups excluding carboxylic acids is 1. The number of fused-ring (bicyclic) bond motifs is 2. The first kappa shape index (κ1) is 19.6. The third kappa shape index (κ3) is 3.99. The lowest BCUT2D eigenvalue weighted by molar-refractivity contribution is -0.120. The van der Waals surface area contributed by atoms with Gasteiger partial charge in [0.2, 0.25) is 5.91 Å². The molecule has 0 bridgehead atoms. The number of nitrogens with one attached hydrogen (secondary N) is 1. The van der Waals surface area contributed by atoms with Gasteiger partial charge in [-0.15, -0.1) is 0 Å².